The molecule has 35 heavy (non-hydrogen) atoms. The number of allylic oxidation sites excluding steroid dienone is 3. The highest BCUT2D eigenvalue weighted by atomic mass is 35.5. The number of benzene rings is 1. The van der Waals surface area contributed by atoms with Gasteiger partial charge in [0.15, 0.2) is 0 Å². The molecule has 3 nitrogen and oxygen atoms in total. The first-order valence-electron chi connectivity index (χ1n) is 11.8. The molecule has 0 saturated carbocycles. The molecular weight excluding hydrogens is 490 g/mol. The fraction of sp³-hybridized carbons (Fsp3) is 0.407. The molecule has 1 N–H and O–H groups in total. The van der Waals surface area contributed by atoms with Crippen molar-refractivity contribution >= 4 is 31.9 Å². The number of rotatable bonds is 5. The Labute approximate surface area is 215 Å². The summed E-state index contributed by atoms with van der Waals surface area (Å²) in [6.45, 7) is 12.1. The minimum atomic E-state index is -4.46. The van der Waals surface area contributed by atoms with Crippen molar-refractivity contribution in [3.63, 3.8) is 0 Å². The van der Waals surface area contributed by atoms with Gasteiger partial charge < -0.3 is 5.32 Å². The molecule has 1 aliphatic heterocycles. The molecule has 1 atom stereocenters. The number of hydrogen-bond donors (Lipinski definition) is 1. The van der Waals surface area contributed by atoms with Crippen LogP contribution >= 0.6 is 20.8 Å². The lowest BCUT2D eigenvalue weighted by Gasteiger charge is -2.11. The average Bonchev–Trinajstić information content (AvgIpc) is 3.23. The highest BCUT2D eigenvalue weighted by Crippen LogP contribution is 2.32. The van der Waals surface area contributed by atoms with Crippen molar-refractivity contribution in [3.8, 4) is 11.3 Å². The van der Waals surface area contributed by atoms with Crippen LogP contribution in [-0.2, 0) is 0 Å². The molecule has 2 aromatic rings. The van der Waals surface area contributed by atoms with E-state index in [-0.39, 0.29) is 0 Å². The molecular formula is C27H36ClF3N3P. The van der Waals surface area contributed by atoms with Crippen LogP contribution in [0.3, 0.4) is 0 Å². The monoisotopic (exact) mass is 525 g/mol. The van der Waals surface area contributed by atoms with E-state index in [4.69, 9.17) is 16.6 Å². The number of aromatic nitrogens is 1. The molecule has 3 rings (SSSR count). The smallest absolute Gasteiger partial charge is 0.384 e. The highest BCUT2D eigenvalue weighted by Gasteiger charge is 2.34. The van der Waals surface area contributed by atoms with Crippen LogP contribution in [0.5, 0.6) is 0 Å². The number of alkyl halides is 3. The third kappa shape index (κ3) is 8.47. The summed E-state index contributed by atoms with van der Waals surface area (Å²) in [6, 6.07) is 9.49. The minimum Gasteiger partial charge on any atom is -0.384 e. The lowest BCUT2D eigenvalue weighted by atomic mass is 10.0. The lowest BCUT2D eigenvalue weighted by Crippen LogP contribution is -2.23. The van der Waals surface area contributed by atoms with Gasteiger partial charge in [0.2, 0.25) is 0 Å². The summed E-state index contributed by atoms with van der Waals surface area (Å²) in [5, 5.41) is 3.74. The largest absolute Gasteiger partial charge is 0.430 e. The van der Waals surface area contributed by atoms with Gasteiger partial charge in [0.1, 0.15) is 5.70 Å². The Bertz CT molecular complexity index is 1090. The van der Waals surface area contributed by atoms with Gasteiger partial charge in [-0.05, 0) is 54.1 Å². The van der Waals surface area contributed by atoms with Crippen molar-refractivity contribution in [1.82, 2.24) is 10.3 Å². The van der Waals surface area contributed by atoms with Crippen molar-refractivity contribution in [1.29, 1.82) is 0 Å². The van der Waals surface area contributed by atoms with Crippen LogP contribution in [0, 0.1) is 6.92 Å². The van der Waals surface area contributed by atoms with E-state index in [9.17, 15) is 13.2 Å². The summed E-state index contributed by atoms with van der Waals surface area (Å²) in [5.41, 5.74) is 4.33. The summed E-state index contributed by atoms with van der Waals surface area (Å²) in [5.74, 6) is 0. The van der Waals surface area contributed by atoms with E-state index in [0.29, 0.717) is 35.0 Å². The van der Waals surface area contributed by atoms with Crippen LogP contribution in [0.1, 0.15) is 65.1 Å². The minimum absolute atomic E-state index is 0.347. The first kappa shape index (κ1) is 30.9. The van der Waals surface area contributed by atoms with Crippen molar-refractivity contribution in [2.75, 3.05) is 7.05 Å². The van der Waals surface area contributed by atoms with Gasteiger partial charge in [0.05, 0.1) is 22.8 Å². The molecule has 0 radical (unpaired) electrons. The number of halogens is 4. The van der Waals surface area contributed by atoms with Gasteiger partial charge >= 0.3 is 6.18 Å². The number of pyridine rings is 1. The van der Waals surface area contributed by atoms with Gasteiger partial charge in [0, 0.05) is 24.1 Å². The van der Waals surface area contributed by atoms with E-state index in [2.05, 4.69) is 33.4 Å². The normalized spacial score (nSPS) is 13.5. The average molecular weight is 526 g/mol. The highest BCUT2D eigenvalue weighted by molar-refractivity contribution is 7.28. The molecule has 0 spiro atoms. The third-order valence-corrected chi connectivity index (χ3v) is 5.95. The van der Waals surface area contributed by atoms with Gasteiger partial charge in [-0.2, -0.15) is 13.2 Å². The van der Waals surface area contributed by atoms with Crippen molar-refractivity contribution < 1.29 is 13.2 Å². The van der Waals surface area contributed by atoms with Gasteiger partial charge in [-0.15, -0.1) is 9.24 Å². The van der Waals surface area contributed by atoms with Crippen LogP contribution in [0.25, 0.3) is 11.3 Å². The van der Waals surface area contributed by atoms with Crippen molar-refractivity contribution in [2.24, 2.45) is 4.99 Å². The van der Waals surface area contributed by atoms with E-state index in [1.165, 1.54) is 13.5 Å². The van der Waals surface area contributed by atoms with Crippen molar-refractivity contribution in [2.45, 2.75) is 67.0 Å². The number of nitrogens with one attached hydrogen (secondary N) is 1. The van der Waals surface area contributed by atoms with Gasteiger partial charge in [-0.3, -0.25) is 4.99 Å². The zero-order valence-electron chi connectivity index (χ0n) is 21.6. The molecule has 1 aromatic carbocycles. The first-order chi connectivity index (χ1) is 16.5. The maximum absolute atomic E-state index is 13.2. The van der Waals surface area contributed by atoms with E-state index >= 15 is 0 Å². The summed E-state index contributed by atoms with van der Waals surface area (Å²) in [7, 11) is 3.85. The second-order valence-electron chi connectivity index (χ2n) is 7.69. The second-order valence-corrected chi connectivity index (χ2v) is 8.72. The Hall–Kier alpha value is -2.17. The first-order valence-corrected chi connectivity index (χ1v) is 12.8. The SMILES string of the molecule is CC.CCC.CCC1=C(/C=C(\NC)C(F)(F)F)N=C(c2nc(-c3ccc(Cl)c(P)c3)ccc2C)C1. The Morgan fingerprint density at radius 3 is 2.29 bits per heavy atom. The van der Waals surface area contributed by atoms with Crippen LogP contribution in [0.2, 0.25) is 5.02 Å². The third-order valence-electron chi connectivity index (χ3n) is 4.94. The number of aryl methyl sites for hydroxylation is 1. The standard InChI is InChI=1S/C22H22ClF3N3P.C3H8.C2H6/c1-4-13-9-18(28-17(13)11-20(27-3)22(24,25)26)21-12(2)5-8-16(29-21)14-6-7-15(23)19(30)10-14;1-3-2;1-2/h5-8,10-11,27H,4,9,30H2,1-3H3;3H2,1-2H3;1-2H3/b20-11-;;. The topological polar surface area (TPSA) is 37.3 Å². The molecule has 0 saturated heterocycles. The Kier molecular flexibility index (Phi) is 12.7. The lowest BCUT2D eigenvalue weighted by molar-refractivity contribution is -0.0960. The molecule has 0 fully saturated rings. The summed E-state index contributed by atoms with van der Waals surface area (Å²) >= 11 is 6.11. The number of aliphatic imine (C=N–C) groups is 1. The Morgan fingerprint density at radius 1 is 1.14 bits per heavy atom. The molecule has 0 aliphatic carbocycles. The van der Waals surface area contributed by atoms with Gasteiger partial charge in [0.25, 0.3) is 0 Å². The van der Waals surface area contributed by atoms with Gasteiger partial charge in [-0.1, -0.05) is 64.8 Å². The second kappa shape index (κ2) is 14.4. The molecule has 1 aromatic heterocycles. The predicted octanol–water partition coefficient (Wildman–Crippen LogP) is 8.18. The summed E-state index contributed by atoms with van der Waals surface area (Å²) in [4.78, 5) is 9.31. The fourth-order valence-electron chi connectivity index (χ4n) is 3.25. The van der Waals surface area contributed by atoms with E-state index in [1.54, 1.807) is 0 Å². The van der Waals surface area contributed by atoms with Crippen LogP contribution in [-0.4, -0.2) is 23.9 Å². The number of hydrogen-bond acceptors (Lipinski definition) is 3. The molecule has 0 bridgehead atoms. The molecule has 192 valence electrons. The van der Waals surface area contributed by atoms with Gasteiger partial charge in [-0.25, -0.2) is 4.98 Å². The van der Waals surface area contributed by atoms with E-state index in [1.807, 2.05) is 58.0 Å². The van der Waals surface area contributed by atoms with E-state index in [0.717, 1.165) is 33.8 Å². The zero-order valence-corrected chi connectivity index (χ0v) is 23.5. The maximum atomic E-state index is 13.2. The Balaban J connectivity index is 0.00000114. The maximum Gasteiger partial charge on any atom is 0.430 e. The zero-order chi connectivity index (χ0) is 26.8. The van der Waals surface area contributed by atoms with E-state index < -0.39 is 11.9 Å². The molecule has 2 heterocycles. The fourth-order valence-corrected chi connectivity index (χ4v) is 3.64. The number of nitrogens with zero attached hydrogens (tertiary/aromatic N) is 2. The predicted molar refractivity (Wildman–Crippen MR) is 148 cm³/mol. The summed E-state index contributed by atoms with van der Waals surface area (Å²) < 4.78 is 39.5. The molecule has 1 unspecified atom stereocenters. The molecule has 1 aliphatic rings. The quantitative estimate of drug-likeness (QED) is 0.400. The molecule has 0 amide bonds. The summed E-state index contributed by atoms with van der Waals surface area (Å²) in [6.07, 6.45) is -1.05. The van der Waals surface area contributed by atoms with Crippen LogP contribution in [0.4, 0.5) is 13.2 Å². The van der Waals surface area contributed by atoms with Crippen molar-refractivity contribution in [3.05, 3.63) is 69.7 Å². The Morgan fingerprint density at radius 2 is 1.77 bits per heavy atom. The molecule has 8 heteroatoms. The van der Waals surface area contributed by atoms with Crippen LogP contribution in [0.15, 0.2) is 58.4 Å². The van der Waals surface area contributed by atoms with Crippen LogP contribution < -0.4 is 10.6 Å².